The van der Waals surface area contributed by atoms with E-state index in [1.54, 1.807) is 0 Å². The van der Waals surface area contributed by atoms with Gasteiger partial charge in [0.15, 0.2) is 0 Å². The van der Waals surface area contributed by atoms with Crippen molar-refractivity contribution in [1.29, 1.82) is 0 Å². The Morgan fingerprint density at radius 3 is 1.88 bits per heavy atom. The summed E-state index contributed by atoms with van der Waals surface area (Å²) in [5.74, 6) is 0. The van der Waals surface area contributed by atoms with Crippen LogP contribution in [0.3, 0.4) is 0 Å². The molecule has 0 bridgehead atoms. The minimum Gasteiger partial charge on any atom is -0.116 e. The molecule has 0 aromatic heterocycles. The molecular formula is H10BP7. The van der Waals surface area contributed by atoms with Gasteiger partial charge in [-0.15, -0.1) is 42.9 Å². The number of rotatable bonds is 3. The molecule has 0 spiro atoms. The van der Waals surface area contributed by atoms with Gasteiger partial charge in [0.05, 0.1) is 0 Å². The van der Waals surface area contributed by atoms with Crippen LogP contribution in [-0.2, 0) is 0 Å². The van der Waals surface area contributed by atoms with E-state index in [4.69, 9.17) is 0 Å². The number of hydrogen-bond acceptors (Lipinski definition) is 0. The van der Waals surface area contributed by atoms with Crippen molar-refractivity contribution in [3.8, 4) is 0 Å². The predicted molar refractivity (Wildman–Crippen MR) is 68.1 cm³/mol. The van der Waals surface area contributed by atoms with Gasteiger partial charge in [0.25, 0.3) is 0 Å². The fourth-order valence-corrected chi connectivity index (χ4v) is 17.6. The van der Waals surface area contributed by atoms with Crippen LogP contribution in [0.5, 0.6) is 0 Å². The second-order valence-electron chi connectivity index (χ2n) is 1.25. The molecule has 8 heavy (non-hydrogen) atoms. The lowest BCUT2D eigenvalue weighted by Gasteiger charge is -2.08. The Morgan fingerprint density at radius 1 is 1.25 bits per heavy atom. The van der Waals surface area contributed by atoms with Crippen LogP contribution in [0.4, 0.5) is 0 Å². The molecule has 0 fully saturated rings. The predicted octanol–water partition coefficient (Wildman–Crippen LogP) is 2.97. The van der Waals surface area contributed by atoms with Crippen molar-refractivity contribution in [3.63, 3.8) is 0 Å². The standard InChI is InChI=1S/BH10P7/c2-6-8(5)1-7(3)4/h1,6H,2-5H2. The van der Waals surface area contributed by atoms with Gasteiger partial charge in [-0.3, -0.25) is 0 Å². The van der Waals surface area contributed by atoms with Crippen molar-refractivity contribution in [2.45, 2.75) is 0 Å². The van der Waals surface area contributed by atoms with Crippen molar-refractivity contribution in [1.82, 2.24) is 0 Å². The molecule has 0 aromatic rings. The first-order valence-electron chi connectivity index (χ1n) is 1.92. The Labute approximate surface area is 65.0 Å². The molecule has 6 atom stereocenters. The summed E-state index contributed by atoms with van der Waals surface area (Å²) in [6, 6.07) is 0. The van der Waals surface area contributed by atoms with Crippen LogP contribution in [-0.4, -0.2) is 6.72 Å². The summed E-state index contributed by atoms with van der Waals surface area (Å²) in [5.41, 5.74) is 0. The van der Waals surface area contributed by atoms with Crippen LogP contribution in [0.2, 0.25) is 0 Å². The van der Waals surface area contributed by atoms with Crippen LogP contribution in [0, 0.1) is 0 Å². The van der Waals surface area contributed by atoms with E-state index in [2.05, 4.69) is 35.7 Å². The Kier molecular flexibility index (Phi) is 9.36. The maximum atomic E-state index is 2.92. The summed E-state index contributed by atoms with van der Waals surface area (Å²) in [4.78, 5) is 0. The molecular weight excluding hydrogens is 228 g/mol. The first-order valence-corrected chi connectivity index (χ1v) is 13.5. The zero-order chi connectivity index (χ0) is 6.57. The van der Waals surface area contributed by atoms with Gasteiger partial charge in [0, 0.05) is 0 Å². The minimum absolute atomic E-state index is 0.189. The van der Waals surface area contributed by atoms with Crippen LogP contribution < -0.4 is 0 Å². The Bertz CT molecular complexity index is 50.3. The van der Waals surface area contributed by atoms with Gasteiger partial charge in [-0.2, -0.15) is 0 Å². The fourth-order valence-electron chi connectivity index (χ4n) is 0.217. The molecule has 0 N–H and O–H groups in total. The van der Waals surface area contributed by atoms with Crippen molar-refractivity contribution in [2.24, 2.45) is 0 Å². The maximum absolute atomic E-state index is 2.92. The van der Waals surface area contributed by atoms with Crippen molar-refractivity contribution in [3.05, 3.63) is 0 Å². The fraction of sp³-hybridized carbons (Fsp3) is 0. The molecule has 0 aliphatic heterocycles. The molecule has 0 saturated heterocycles. The lowest BCUT2D eigenvalue weighted by Crippen LogP contribution is -1.61. The Balaban J connectivity index is 3.10. The molecule has 8 heteroatoms. The van der Waals surface area contributed by atoms with Gasteiger partial charge >= 0.3 is 0 Å². The molecule has 0 aliphatic carbocycles. The van der Waals surface area contributed by atoms with Gasteiger partial charge in [0.1, 0.15) is 0 Å². The zero-order valence-corrected chi connectivity index (χ0v) is 11.8. The second kappa shape index (κ2) is 6.76. The van der Waals surface area contributed by atoms with E-state index in [0.29, 0.717) is 0 Å². The Morgan fingerprint density at radius 2 is 1.75 bits per heavy atom. The first-order chi connectivity index (χ1) is 3.66. The molecule has 0 aliphatic rings. The van der Waals surface area contributed by atoms with Crippen LogP contribution in [0.15, 0.2) is 0 Å². The summed E-state index contributed by atoms with van der Waals surface area (Å²) in [5, 5.41) is 0. The number of hydrogen-bond donors (Lipinski definition) is 0. The molecule has 0 radical (unpaired) electrons. The van der Waals surface area contributed by atoms with E-state index < -0.39 is 0 Å². The topological polar surface area (TPSA) is 0 Å². The average molecular weight is 238 g/mol. The largest absolute Gasteiger partial charge is 0.201 e. The average Bonchev–Trinajstić information content (AvgIpc) is 1.65. The van der Waals surface area contributed by atoms with E-state index in [-0.39, 0.29) is 14.4 Å². The third-order valence-electron chi connectivity index (χ3n) is 0.481. The van der Waals surface area contributed by atoms with Crippen LogP contribution in [0.25, 0.3) is 0 Å². The van der Waals surface area contributed by atoms with Gasteiger partial charge < -0.3 is 0 Å². The second-order valence-corrected chi connectivity index (χ2v) is 18.6. The summed E-state index contributed by atoms with van der Waals surface area (Å²) in [7, 11) is 13.0. The van der Waals surface area contributed by atoms with Gasteiger partial charge in [-0.1, -0.05) is 15.1 Å². The maximum Gasteiger partial charge on any atom is 0.201 e. The lowest BCUT2D eigenvalue weighted by atomic mass is 10.7. The highest BCUT2D eigenvalue weighted by Gasteiger charge is 2.02. The van der Waals surface area contributed by atoms with Gasteiger partial charge in [-0.05, 0) is 0 Å². The monoisotopic (exact) mass is 238 g/mol. The van der Waals surface area contributed by atoms with Gasteiger partial charge in [-0.25, -0.2) is 0 Å². The van der Waals surface area contributed by atoms with E-state index in [0.717, 1.165) is 7.96 Å². The zero-order valence-electron chi connectivity index (χ0n) is 4.41. The smallest absolute Gasteiger partial charge is 0.116 e. The molecule has 0 amide bonds. The molecule has 0 heterocycles. The molecule has 48 valence electrons. The SMILES string of the molecule is PPP(P)BP(P)P. The Hall–Kier alpha value is 3.07. The van der Waals surface area contributed by atoms with E-state index in [1.807, 2.05) is 0 Å². The highest BCUT2D eigenvalue weighted by Crippen LogP contribution is 2.72. The summed E-state index contributed by atoms with van der Waals surface area (Å²) >= 11 is 0. The van der Waals surface area contributed by atoms with Crippen molar-refractivity contribution >= 4 is 64.7 Å². The molecule has 0 aromatic carbocycles. The third kappa shape index (κ3) is 7.19. The first kappa shape index (κ1) is 11.1. The van der Waals surface area contributed by atoms with E-state index in [1.165, 1.54) is 6.72 Å². The highest BCUT2D eigenvalue weighted by atomic mass is 32.6. The molecule has 0 rings (SSSR count). The van der Waals surface area contributed by atoms with E-state index >= 15 is 0 Å². The highest BCUT2D eigenvalue weighted by molar-refractivity contribution is 8.79. The van der Waals surface area contributed by atoms with Gasteiger partial charge in [0.2, 0.25) is 6.72 Å². The van der Waals surface area contributed by atoms with Crippen molar-refractivity contribution < 1.29 is 0 Å². The van der Waals surface area contributed by atoms with Crippen molar-refractivity contribution in [2.75, 3.05) is 0 Å². The third-order valence-corrected chi connectivity index (χ3v) is 17.0. The molecule has 6 unspecified atom stereocenters. The normalized spacial score (nSPS) is 15.6. The molecule has 0 nitrogen and oxygen atoms in total. The van der Waals surface area contributed by atoms with Crippen LogP contribution >= 0.6 is 58.0 Å². The van der Waals surface area contributed by atoms with Crippen LogP contribution in [0.1, 0.15) is 0 Å². The van der Waals surface area contributed by atoms with E-state index in [9.17, 15) is 0 Å². The summed E-state index contributed by atoms with van der Waals surface area (Å²) in [6.45, 7) is 1.40. The summed E-state index contributed by atoms with van der Waals surface area (Å²) in [6.07, 6.45) is 0. The minimum atomic E-state index is 0.189. The lowest BCUT2D eigenvalue weighted by molar-refractivity contribution is 4.48. The summed E-state index contributed by atoms with van der Waals surface area (Å²) < 4.78 is 0. The molecule has 0 saturated carbocycles. The quantitative estimate of drug-likeness (QED) is 0.523.